The Balaban J connectivity index is 2.29. The van der Waals surface area contributed by atoms with Gasteiger partial charge in [-0.05, 0) is 6.92 Å². The summed E-state index contributed by atoms with van der Waals surface area (Å²) in [6.45, 7) is 2.69. The number of hydrogen-bond acceptors (Lipinski definition) is 3. The van der Waals surface area contributed by atoms with Crippen molar-refractivity contribution in [3.8, 4) is 0 Å². The van der Waals surface area contributed by atoms with Crippen molar-refractivity contribution in [3.05, 3.63) is 17.7 Å². The van der Waals surface area contributed by atoms with E-state index in [1.165, 1.54) is 4.31 Å². The molecule has 0 bridgehead atoms. The van der Waals surface area contributed by atoms with Crippen molar-refractivity contribution in [2.45, 2.75) is 19.9 Å². The monoisotopic (exact) mass is 229 g/mol. The molecule has 0 saturated heterocycles. The number of nitrogens with zero attached hydrogens (tertiary/aromatic N) is 3. The molecule has 1 aliphatic rings. The van der Waals surface area contributed by atoms with Crippen molar-refractivity contribution in [2.75, 3.05) is 12.3 Å². The number of fused-ring (bicyclic) bond motifs is 1. The third-order valence-electron chi connectivity index (χ3n) is 2.83. The van der Waals surface area contributed by atoms with Gasteiger partial charge in [-0.2, -0.15) is 4.31 Å². The van der Waals surface area contributed by atoms with Gasteiger partial charge in [-0.15, -0.1) is 0 Å². The van der Waals surface area contributed by atoms with Gasteiger partial charge in [0.2, 0.25) is 10.0 Å². The molecule has 0 aliphatic carbocycles. The Morgan fingerprint density at radius 2 is 2.27 bits per heavy atom. The third kappa shape index (κ3) is 1.79. The molecule has 0 fully saturated rings. The van der Waals surface area contributed by atoms with Gasteiger partial charge in [0.15, 0.2) is 0 Å². The van der Waals surface area contributed by atoms with Crippen LogP contribution in [0, 0.1) is 0 Å². The summed E-state index contributed by atoms with van der Waals surface area (Å²) < 4.78 is 26.8. The molecule has 84 valence electrons. The van der Waals surface area contributed by atoms with Crippen molar-refractivity contribution in [1.82, 2.24) is 13.9 Å². The van der Waals surface area contributed by atoms with Crippen LogP contribution in [-0.4, -0.2) is 34.6 Å². The fourth-order valence-electron chi connectivity index (χ4n) is 1.81. The predicted molar refractivity (Wildman–Crippen MR) is 56.8 cm³/mol. The van der Waals surface area contributed by atoms with E-state index in [0.717, 1.165) is 17.8 Å². The molecule has 0 unspecified atom stereocenters. The SMILES string of the molecule is CCS(=O)(=O)N1CCc2ncn(C)c2C1. The number of aryl methyl sites for hydroxylation is 1. The Morgan fingerprint density at radius 1 is 1.53 bits per heavy atom. The van der Waals surface area contributed by atoms with Gasteiger partial charge < -0.3 is 4.57 Å². The Bertz CT molecular complexity index is 464. The van der Waals surface area contributed by atoms with Crippen LogP contribution in [-0.2, 0) is 30.0 Å². The van der Waals surface area contributed by atoms with E-state index in [4.69, 9.17) is 0 Å². The largest absolute Gasteiger partial charge is 0.336 e. The van der Waals surface area contributed by atoms with E-state index in [9.17, 15) is 8.42 Å². The molecule has 6 heteroatoms. The van der Waals surface area contributed by atoms with Gasteiger partial charge in [-0.1, -0.05) is 0 Å². The summed E-state index contributed by atoms with van der Waals surface area (Å²) in [5.41, 5.74) is 2.04. The van der Waals surface area contributed by atoms with Gasteiger partial charge in [0.25, 0.3) is 0 Å². The molecule has 0 radical (unpaired) electrons. The van der Waals surface area contributed by atoms with Crippen LogP contribution in [0.5, 0.6) is 0 Å². The molecule has 1 aliphatic heterocycles. The highest BCUT2D eigenvalue weighted by molar-refractivity contribution is 7.89. The van der Waals surface area contributed by atoms with Crippen molar-refractivity contribution in [1.29, 1.82) is 0 Å². The molecule has 0 saturated carbocycles. The minimum absolute atomic E-state index is 0.167. The molecule has 2 heterocycles. The van der Waals surface area contributed by atoms with Crippen LogP contribution in [0.25, 0.3) is 0 Å². The van der Waals surface area contributed by atoms with Crippen LogP contribution in [0.15, 0.2) is 6.33 Å². The number of rotatable bonds is 2. The van der Waals surface area contributed by atoms with E-state index in [1.807, 2.05) is 11.6 Å². The summed E-state index contributed by atoms with van der Waals surface area (Å²) in [7, 11) is -1.17. The van der Waals surface area contributed by atoms with Crippen molar-refractivity contribution in [2.24, 2.45) is 7.05 Å². The van der Waals surface area contributed by atoms with E-state index in [-0.39, 0.29) is 5.75 Å². The van der Waals surface area contributed by atoms with Crippen molar-refractivity contribution in [3.63, 3.8) is 0 Å². The molecule has 1 aromatic heterocycles. The molecule has 0 amide bonds. The number of aromatic nitrogens is 2. The van der Waals surface area contributed by atoms with Gasteiger partial charge >= 0.3 is 0 Å². The lowest BCUT2D eigenvalue weighted by molar-refractivity contribution is 0.381. The Kier molecular flexibility index (Phi) is 2.56. The molecule has 15 heavy (non-hydrogen) atoms. The van der Waals surface area contributed by atoms with Crippen LogP contribution < -0.4 is 0 Å². The normalized spacial score (nSPS) is 17.7. The molecular formula is C9H15N3O2S. The first kappa shape index (κ1) is 10.6. The van der Waals surface area contributed by atoms with Crippen LogP contribution in [0.4, 0.5) is 0 Å². The van der Waals surface area contributed by atoms with Gasteiger partial charge in [0.05, 0.1) is 30.0 Å². The zero-order valence-corrected chi connectivity index (χ0v) is 9.79. The highest BCUT2D eigenvalue weighted by Gasteiger charge is 2.27. The molecule has 0 aromatic carbocycles. The summed E-state index contributed by atoms with van der Waals surface area (Å²) in [6, 6.07) is 0. The number of imidazole rings is 1. The third-order valence-corrected chi connectivity index (χ3v) is 4.66. The standard InChI is InChI=1S/C9H15N3O2S/c1-3-15(13,14)12-5-4-8-9(6-12)11(2)7-10-8/h7H,3-6H2,1-2H3. The molecular weight excluding hydrogens is 214 g/mol. The fourth-order valence-corrected chi connectivity index (χ4v) is 2.87. The molecule has 1 aromatic rings. The molecule has 2 rings (SSSR count). The minimum atomic E-state index is -3.07. The van der Waals surface area contributed by atoms with E-state index in [2.05, 4.69) is 4.98 Å². The highest BCUT2D eigenvalue weighted by atomic mass is 32.2. The lowest BCUT2D eigenvalue weighted by Gasteiger charge is -2.25. The molecule has 0 N–H and O–H groups in total. The zero-order chi connectivity index (χ0) is 11.1. The molecule has 0 atom stereocenters. The average molecular weight is 229 g/mol. The van der Waals surface area contributed by atoms with Gasteiger partial charge in [0.1, 0.15) is 0 Å². The van der Waals surface area contributed by atoms with E-state index in [0.29, 0.717) is 13.1 Å². The highest BCUT2D eigenvalue weighted by Crippen LogP contribution is 2.19. The first-order valence-electron chi connectivity index (χ1n) is 5.01. The Hall–Kier alpha value is -0.880. The van der Waals surface area contributed by atoms with E-state index < -0.39 is 10.0 Å². The van der Waals surface area contributed by atoms with Gasteiger partial charge in [-0.25, -0.2) is 13.4 Å². The first-order chi connectivity index (χ1) is 7.04. The quantitative estimate of drug-likeness (QED) is 0.724. The van der Waals surface area contributed by atoms with Crippen molar-refractivity contribution < 1.29 is 8.42 Å². The zero-order valence-electron chi connectivity index (χ0n) is 8.97. The Labute approximate surface area is 89.8 Å². The van der Waals surface area contributed by atoms with Gasteiger partial charge in [0, 0.05) is 20.0 Å². The second-order valence-electron chi connectivity index (χ2n) is 3.73. The summed E-state index contributed by atoms with van der Waals surface area (Å²) in [6.07, 6.45) is 2.46. The summed E-state index contributed by atoms with van der Waals surface area (Å²) in [4.78, 5) is 4.24. The minimum Gasteiger partial charge on any atom is -0.336 e. The number of hydrogen-bond donors (Lipinski definition) is 0. The fraction of sp³-hybridized carbons (Fsp3) is 0.667. The second kappa shape index (κ2) is 3.61. The van der Waals surface area contributed by atoms with Crippen LogP contribution in [0.3, 0.4) is 0 Å². The maximum Gasteiger partial charge on any atom is 0.214 e. The summed E-state index contributed by atoms with van der Waals surface area (Å²) >= 11 is 0. The van der Waals surface area contributed by atoms with E-state index in [1.54, 1.807) is 13.3 Å². The second-order valence-corrected chi connectivity index (χ2v) is 5.99. The molecule has 0 spiro atoms. The average Bonchev–Trinajstić information content (AvgIpc) is 2.60. The Morgan fingerprint density at radius 3 is 2.93 bits per heavy atom. The smallest absolute Gasteiger partial charge is 0.214 e. The molecule has 5 nitrogen and oxygen atoms in total. The maximum atomic E-state index is 11.7. The lowest BCUT2D eigenvalue weighted by atomic mass is 10.2. The van der Waals surface area contributed by atoms with Crippen molar-refractivity contribution >= 4 is 10.0 Å². The summed E-state index contributed by atoms with van der Waals surface area (Å²) in [5.74, 6) is 0.167. The van der Waals surface area contributed by atoms with Crippen LogP contribution in [0.2, 0.25) is 0 Å². The van der Waals surface area contributed by atoms with Crippen LogP contribution >= 0.6 is 0 Å². The van der Waals surface area contributed by atoms with Gasteiger partial charge in [-0.3, -0.25) is 0 Å². The lowest BCUT2D eigenvalue weighted by Crippen LogP contribution is -2.37. The number of sulfonamides is 1. The topological polar surface area (TPSA) is 55.2 Å². The predicted octanol–water partition coefficient (Wildman–Crippen LogP) is 0.128. The van der Waals surface area contributed by atoms with Crippen LogP contribution in [0.1, 0.15) is 18.3 Å². The summed E-state index contributed by atoms with van der Waals surface area (Å²) in [5, 5.41) is 0. The van der Waals surface area contributed by atoms with E-state index >= 15 is 0 Å². The first-order valence-corrected chi connectivity index (χ1v) is 6.62. The maximum absolute atomic E-state index is 11.7.